The first-order valence-corrected chi connectivity index (χ1v) is 7.21. The molecule has 0 saturated carbocycles. The number of carbonyl (C=O) groups excluding carboxylic acids is 2. The molecular weight excluding hydrogens is 268 g/mol. The van der Waals surface area contributed by atoms with Crippen LogP contribution < -0.4 is 4.74 Å². The number of hydrogen-bond donors (Lipinski definition) is 0. The van der Waals surface area contributed by atoms with E-state index in [1.807, 2.05) is 43.0 Å². The molecule has 1 saturated heterocycles. The number of methoxy groups -OCH3 is 1. The highest BCUT2D eigenvalue weighted by molar-refractivity contribution is 5.87. The molecule has 1 heterocycles. The Balaban J connectivity index is 1.93. The van der Waals surface area contributed by atoms with E-state index in [0.29, 0.717) is 19.5 Å². The van der Waals surface area contributed by atoms with Crippen LogP contribution in [0.5, 0.6) is 5.75 Å². The van der Waals surface area contributed by atoms with Gasteiger partial charge in [0.1, 0.15) is 5.75 Å². The summed E-state index contributed by atoms with van der Waals surface area (Å²) in [4.78, 5) is 27.7. The average Bonchev–Trinajstić information content (AvgIpc) is 2.47. The molecule has 2 amide bonds. The van der Waals surface area contributed by atoms with Crippen molar-refractivity contribution in [1.82, 2.24) is 9.80 Å². The van der Waals surface area contributed by atoms with Crippen molar-refractivity contribution in [1.29, 1.82) is 0 Å². The highest BCUT2D eigenvalue weighted by atomic mass is 16.5. The molecule has 0 bridgehead atoms. The maximum atomic E-state index is 12.3. The van der Waals surface area contributed by atoms with Crippen molar-refractivity contribution in [2.45, 2.75) is 26.3 Å². The second-order valence-corrected chi connectivity index (χ2v) is 5.52. The molecule has 0 spiro atoms. The standard InChI is InChI=1S/C16H22N2O3/c1-12(2)18-9-8-17(11-16(18)20)15(19)10-13-4-6-14(21-3)7-5-13/h4-7,12H,8-11H2,1-3H3. The zero-order chi connectivity index (χ0) is 15.4. The number of rotatable bonds is 4. The topological polar surface area (TPSA) is 49.9 Å². The number of ether oxygens (including phenoxy) is 1. The van der Waals surface area contributed by atoms with Crippen molar-refractivity contribution >= 4 is 11.8 Å². The van der Waals surface area contributed by atoms with Crippen LogP contribution in [0.15, 0.2) is 24.3 Å². The summed E-state index contributed by atoms with van der Waals surface area (Å²) >= 11 is 0. The summed E-state index contributed by atoms with van der Waals surface area (Å²) in [5, 5.41) is 0. The molecule has 0 aromatic heterocycles. The van der Waals surface area contributed by atoms with Crippen molar-refractivity contribution < 1.29 is 14.3 Å². The van der Waals surface area contributed by atoms with E-state index in [1.165, 1.54) is 0 Å². The van der Waals surface area contributed by atoms with E-state index in [4.69, 9.17) is 4.74 Å². The van der Waals surface area contributed by atoms with E-state index in [0.717, 1.165) is 11.3 Å². The van der Waals surface area contributed by atoms with Gasteiger partial charge < -0.3 is 14.5 Å². The highest BCUT2D eigenvalue weighted by Gasteiger charge is 2.28. The fourth-order valence-electron chi connectivity index (χ4n) is 2.48. The lowest BCUT2D eigenvalue weighted by Gasteiger charge is -2.36. The Hall–Kier alpha value is -2.04. The van der Waals surface area contributed by atoms with Gasteiger partial charge in [-0.05, 0) is 31.5 Å². The van der Waals surface area contributed by atoms with Crippen LogP contribution in [0.2, 0.25) is 0 Å². The first-order chi connectivity index (χ1) is 10.0. The third-order valence-electron chi connectivity index (χ3n) is 3.75. The summed E-state index contributed by atoms with van der Waals surface area (Å²) in [6.45, 7) is 5.40. The number of amides is 2. The van der Waals surface area contributed by atoms with E-state index in [-0.39, 0.29) is 24.4 Å². The van der Waals surface area contributed by atoms with Gasteiger partial charge in [0.2, 0.25) is 11.8 Å². The number of benzene rings is 1. The molecule has 0 atom stereocenters. The molecule has 0 aliphatic carbocycles. The molecule has 0 unspecified atom stereocenters. The van der Waals surface area contributed by atoms with Crippen LogP contribution in [0.3, 0.4) is 0 Å². The smallest absolute Gasteiger partial charge is 0.242 e. The van der Waals surface area contributed by atoms with Gasteiger partial charge in [0.25, 0.3) is 0 Å². The SMILES string of the molecule is COc1ccc(CC(=O)N2CCN(C(C)C)C(=O)C2)cc1. The number of hydrogen-bond acceptors (Lipinski definition) is 3. The predicted molar refractivity (Wildman–Crippen MR) is 80.1 cm³/mol. The predicted octanol–water partition coefficient (Wildman–Crippen LogP) is 1.32. The van der Waals surface area contributed by atoms with Gasteiger partial charge in [-0.1, -0.05) is 12.1 Å². The Morgan fingerprint density at radius 3 is 2.43 bits per heavy atom. The molecule has 21 heavy (non-hydrogen) atoms. The molecule has 1 aliphatic heterocycles. The fraction of sp³-hybridized carbons (Fsp3) is 0.500. The van der Waals surface area contributed by atoms with E-state index in [2.05, 4.69) is 0 Å². The Kier molecular flexibility index (Phi) is 4.83. The van der Waals surface area contributed by atoms with Crippen molar-refractivity contribution in [2.24, 2.45) is 0 Å². The van der Waals surface area contributed by atoms with E-state index in [1.54, 1.807) is 12.0 Å². The summed E-state index contributed by atoms with van der Waals surface area (Å²) in [5.41, 5.74) is 0.930. The summed E-state index contributed by atoms with van der Waals surface area (Å²) in [5.74, 6) is 0.795. The lowest BCUT2D eigenvalue weighted by molar-refractivity contribution is -0.146. The second-order valence-electron chi connectivity index (χ2n) is 5.52. The van der Waals surface area contributed by atoms with Crippen LogP contribution in [0.1, 0.15) is 19.4 Å². The number of nitrogens with zero attached hydrogens (tertiary/aromatic N) is 2. The quantitative estimate of drug-likeness (QED) is 0.840. The van der Waals surface area contributed by atoms with Gasteiger partial charge in [0, 0.05) is 19.1 Å². The van der Waals surface area contributed by atoms with Crippen molar-refractivity contribution in [3.8, 4) is 5.75 Å². The van der Waals surface area contributed by atoms with Crippen molar-refractivity contribution in [3.63, 3.8) is 0 Å². The molecule has 1 aromatic carbocycles. The van der Waals surface area contributed by atoms with Gasteiger partial charge in [-0.2, -0.15) is 0 Å². The molecule has 1 aromatic rings. The Morgan fingerprint density at radius 2 is 1.90 bits per heavy atom. The van der Waals surface area contributed by atoms with Crippen LogP contribution in [0, 0.1) is 0 Å². The Labute approximate surface area is 125 Å². The van der Waals surface area contributed by atoms with E-state index < -0.39 is 0 Å². The minimum atomic E-state index is -0.00285. The molecule has 1 fully saturated rings. The van der Waals surface area contributed by atoms with Gasteiger partial charge in [0.05, 0.1) is 20.1 Å². The lowest BCUT2D eigenvalue weighted by Crippen LogP contribution is -2.54. The maximum Gasteiger partial charge on any atom is 0.242 e. The zero-order valence-electron chi connectivity index (χ0n) is 12.8. The Morgan fingerprint density at radius 1 is 1.24 bits per heavy atom. The van der Waals surface area contributed by atoms with Crippen LogP contribution >= 0.6 is 0 Å². The molecule has 0 radical (unpaired) electrons. The third kappa shape index (κ3) is 3.74. The van der Waals surface area contributed by atoms with Crippen molar-refractivity contribution in [2.75, 3.05) is 26.7 Å². The average molecular weight is 290 g/mol. The van der Waals surface area contributed by atoms with Crippen LogP contribution in [-0.2, 0) is 16.0 Å². The normalized spacial score (nSPS) is 15.5. The summed E-state index contributed by atoms with van der Waals surface area (Å²) < 4.78 is 5.09. The van der Waals surface area contributed by atoms with Crippen molar-refractivity contribution in [3.05, 3.63) is 29.8 Å². The summed E-state index contributed by atoms with van der Waals surface area (Å²) in [7, 11) is 1.61. The van der Waals surface area contributed by atoms with Crippen LogP contribution in [0.4, 0.5) is 0 Å². The molecule has 5 heteroatoms. The first kappa shape index (κ1) is 15.4. The molecule has 2 rings (SSSR count). The largest absolute Gasteiger partial charge is 0.497 e. The zero-order valence-corrected chi connectivity index (χ0v) is 12.8. The molecular formula is C16H22N2O3. The lowest BCUT2D eigenvalue weighted by atomic mass is 10.1. The van der Waals surface area contributed by atoms with Crippen LogP contribution in [-0.4, -0.2) is 54.4 Å². The monoisotopic (exact) mass is 290 g/mol. The third-order valence-corrected chi connectivity index (χ3v) is 3.75. The summed E-state index contributed by atoms with van der Waals surface area (Å²) in [6, 6.07) is 7.62. The summed E-state index contributed by atoms with van der Waals surface area (Å²) in [6.07, 6.45) is 0.318. The first-order valence-electron chi connectivity index (χ1n) is 7.21. The van der Waals surface area contributed by atoms with Gasteiger partial charge in [0.15, 0.2) is 0 Å². The van der Waals surface area contributed by atoms with Gasteiger partial charge in [-0.25, -0.2) is 0 Å². The molecule has 0 N–H and O–H groups in total. The number of carbonyl (C=O) groups is 2. The Bertz CT molecular complexity index is 511. The molecule has 114 valence electrons. The van der Waals surface area contributed by atoms with Gasteiger partial charge in [-0.3, -0.25) is 9.59 Å². The fourth-order valence-corrected chi connectivity index (χ4v) is 2.48. The highest BCUT2D eigenvalue weighted by Crippen LogP contribution is 2.14. The number of piperazine rings is 1. The van der Waals surface area contributed by atoms with Gasteiger partial charge >= 0.3 is 0 Å². The minimum Gasteiger partial charge on any atom is -0.497 e. The minimum absolute atomic E-state index is 0.00285. The van der Waals surface area contributed by atoms with E-state index >= 15 is 0 Å². The van der Waals surface area contributed by atoms with E-state index in [9.17, 15) is 9.59 Å². The second kappa shape index (κ2) is 6.61. The molecule has 5 nitrogen and oxygen atoms in total. The maximum absolute atomic E-state index is 12.3. The van der Waals surface area contributed by atoms with Crippen LogP contribution in [0.25, 0.3) is 0 Å². The molecule has 1 aliphatic rings. The van der Waals surface area contributed by atoms with Gasteiger partial charge in [-0.15, -0.1) is 0 Å².